The molecule has 24 nitrogen and oxygen atoms in total. The summed E-state index contributed by atoms with van der Waals surface area (Å²) in [5.41, 5.74) is 20.6. The zero-order chi connectivity index (χ0) is 75.1. The summed E-state index contributed by atoms with van der Waals surface area (Å²) < 4.78 is 50.1. The number of carbonyl (C=O) groups is 3. The van der Waals surface area contributed by atoms with Gasteiger partial charge in [0.05, 0.1) is 100 Å². The number of aromatic nitrogens is 10. The maximum Gasteiger partial charge on any atom is 0.254 e. The lowest BCUT2D eigenvalue weighted by molar-refractivity contribution is 0.0958. The van der Waals surface area contributed by atoms with E-state index < -0.39 is 0 Å². The molecule has 6 N–H and O–H groups in total. The molecule has 3 saturated heterocycles. The van der Waals surface area contributed by atoms with Crippen molar-refractivity contribution in [1.82, 2.24) is 73.8 Å². The van der Waals surface area contributed by atoms with Crippen molar-refractivity contribution in [2.24, 2.45) is 5.92 Å². The predicted octanol–water partition coefficient (Wildman–Crippen LogP) is 13.7. The molecule has 558 valence electrons. The Morgan fingerprint density at radius 2 is 0.954 bits per heavy atom. The van der Waals surface area contributed by atoms with E-state index in [1.165, 1.54) is 35.4 Å². The van der Waals surface area contributed by atoms with Crippen LogP contribution in [0.25, 0.3) is 50.8 Å². The highest BCUT2D eigenvalue weighted by atomic mass is 19.1. The van der Waals surface area contributed by atoms with Gasteiger partial charge in [-0.1, -0.05) is 50.2 Å². The molecule has 109 heavy (non-hydrogen) atoms. The third kappa shape index (κ3) is 14.8. The second-order valence-electron chi connectivity index (χ2n) is 29.5. The summed E-state index contributed by atoms with van der Waals surface area (Å²) in [4.78, 5) is 75.5. The highest BCUT2D eigenvalue weighted by Crippen LogP contribution is 2.41. The Morgan fingerprint density at radius 3 is 1.40 bits per heavy atom. The van der Waals surface area contributed by atoms with Crippen LogP contribution in [0.2, 0.25) is 0 Å². The van der Waals surface area contributed by atoms with Crippen LogP contribution in [0.4, 0.5) is 43.3 Å². The van der Waals surface area contributed by atoms with Crippen molar-refractivity contribution in [2.45, 2.75) is 110 Å². The molecule has 0 aliphatic carbocycles. The summed E-state index contributed by atoms with van der Waals surface area (Å²) in [7, 11) is 8.13. The van der Waals surface area contributed by atoms with Crippen molar-refractivity contribution in [3.05, 3.63) is 225 Å². The van der Waals surface area contributed by atoms with E-state index in [9.17, 15) is 23.2 Å². The SMILES string of the molecule is CC(C)CCc1nc(Nc2ccc(-c3cnc4cc(F)ccn34)c3c2C(=O)NC3)ccc1[C@H]1CCOC1.CN(C)Cc1nc(Nc2ccc(-c3cnc4cc(F)ccn34)c3c2C(=O)NC3)ccc1[C@@H]1CCCO1.Cc1ccn2c(-c3ccc(Nc4ccc(C5CCOC5)c(CN(C)C)n4)c4c3CNC4=O)cnc2n1. The molecule has 3 amide bonds. The highest BCUT2D eigenvalue weighted by Gasteiger charge is 2.33. The summed E-state index contributed by atoms with van der Waals surface area (Å²) in [5, 5.41) is 19.1. The van der Waals surface area contributed by atoms with Crippen molar-refractivity contribution in [2.75, 3.05) is 77.2 Å². The molecule has 6 aliphatic heterocycles. The standard InChI is InChI=1S/C29H30FN5O2.C27H27FN6O2.C27H29N7O2/c1-17(2)3-6-23-20(18-10-12-37-16-18)5-8-26(33-23)34-24-7-4-21(22-14-32-29(36)28(22)24)25-15-31-27-13-19(30)9-11-35(25)27;1-33(2)15-21-18(23-4-3-11-36-23)6-8-24(32-21)31-20-7-5-17(19-13-30-27(35)26(19)20)22-14-29-25-12-16(28)9-10-34(22)25;1-16-8-10-34-23(13-29-27(34)30-16)19-4-6-21(25-20(19)12-28-26(25)35)31-24-7-5-18(17-9-11-36-15-17)22(32-24)14-33(2)3/h4-5,7-9,11,13,15,17-18H,3,6,10,12,14,16H2,1-2H3,(H,32,36)(H,33,34);5-10,12,14,23H,3-4,11,13,15H2,1-2H3,(H,30,35)(H,31,32);4-8,10,13,17H,9,11-12,14-15H2,1-3H3,(H,28,35)(H,31,32)/t18-;23-;/m00./s1. The summed E-state index contributed by atoms with van der Waals surface area (Å²) in [6.07, 6.45) is 16.7. The van der Waals surface area contributed by atoms with Crippen LogP contribution in [0.5, 0.6) is 0 Å². The van der Waals surface area contributed by atoms with Gasteiger partial charge in [-0.2, -0.15) is 0 Å². The summed E-state index contributed by atoms with van der Waals surface area (Å²) in [5.74, 6) is 3.07. The molecule has 3 aromatic carbocycles. The van der Waals surface area contributed by atoms with E-state index in [1.807, 2.05) is 121 Å². The number of pyridine rings is 5. The molecule has 0 spiro atoms. The molecule has 15 heterocycles. The van der Waals surface area contributed by atoms with Gasteiger partial charge in [-0.25, -0.2) is 43.7 Å². The van der Waals surface area contributed by atoms with Crippen molar-refractivity contribution in [1.29, 1.82) is 0 Å². The van der Waals surface area contributed by atoms with Gasteiger partial charge in [0, 0.05) is 129 Å². The lowest BCUT2D eigenvalue weighted by atomic mass is 9.93. The van der Waals surface area contributed by atoms with Gasteiger partial charge in [0.15, 0.2) is 0 Å². The van der Waals surface area contributed by atoms with Gasteiger partial charge in [0.1, 0.15) is 40.4 Å². The van der Waals surface area contributed by atoms with Crippen LogP contribution in [0.1, 0.15) is 151 Å². The number of imidazole rings is 3. The van der Waals surface area contributed by atoms with Crippen molar-refractivity contribution >= 4 is 69.3 Å². The summed E-state index contributed by atoms with van der Waals surface area (Å²) in [6, 6.07) is 31.6. The maximum absolute atomic E-state index is 13.7. The van der Waals surface area contributed by atoms with E-state index in [0.29, 0.717) is 94.9 Å². The Morgan fingerprint density at radius 1 is 0.514 bits per heavy atom. The molecule has 26 heteroatoms. The fraction of sp³-hybridized carbons (Fsp3) is 0.325. The monoisotopic (exact) mass is 1470 g/mol. The van der Waals surface area contributed by atoms with E-state index in [0.717, 1.165) is 174 Å². The van der Waals surface area contributed by atoms with Crippen molar-refractivity contribution in [3.63, 3.8) is 0 Å². The summed E-state index contributed by atoms with van der Waals surface area (Å²) >= 11 is 0. The number of fused-ring (bicyclic) bond motifs is 6. The Kier molecular flexibility index (Phi) is 20.2. The van der Waals surface area contributed by atoms with E-state index in [2.05, 4.69) is 93.7 Å². The number of rotatable bonds is 19. The first kappa shape index (κ1) is 71.8. The first-order valence-electron chi connectivity index (χ1n) is 37.2. The Hall–Kier alpha value is -11.4. The molecular formula is C83H86F2N18O6. The van der Waals surface area contributed by atoms with Gasteiger partial charge in [-0.15, -0.1) is 0 Å². The van der Waals surface area contributed by atoms with Crippen LogP contribution in [0, 0.1) is 24.5 Å². The molecular weight excluding hydrogens is 1380 g/mol. The number of hydrogen-bond acceptors (Lipinski definition) is 18. The summed E-state index contributed by atoms with van der Waals surface area (Å²) in [6.45, 7) is 13.0. The number of hydrogen-bond donors (Lipinski definition) is 6. The van der Waals surface area contributed by atoms with Gasteiger partial charge in [-0.3, -0.25) is 27.6 Å². The first-order valence-corrected chi connectivity index (χ1v) is 37.2. The van der Waals surface area contributed by atoms with E-state index in [-0.39, 0.29) is 35.5 Å². The van der Waals surface area contributed by atoms with Crippen LogP contribution in [-0.4, -0.2) is 137 Å². The lowest BCUT2D eigenvalue weighted by Gasteiger charge is -2.19. The van der Waals surface area contributed by atoms with Crippen LogP contribution in [0.3, 0.4) is 0 Å². The van der Waals surface area contributed by atoms with E-state index in [4.69, 9.17) is 29.2 Å². The zero-order valence-electron chi connectivity index (χ0n) is 62.0. The van der Waals surface area contributed by atoms with Crippen LogP contribution >= 0.6 is 0 Å². The van der Waals surface area contributed by atoms with E-state index in [1.54, 1.807) is 24.8 Å². The number of carbonyl (C=O) groups excluding carboxylic acids is 3. The molecule has 1 unspecified atom stereocenters. The number of aryl methyl sites for hydroxylation is 2. The molecule has 3 fully saturated rings. The molecule has 12 aromatic rings. The largest absolute Gasteiger partial charge is 0.381 e. The smallest absolute Gasteiger partial charge is 0.254 e. The molecule has 3 atom stereocenters. The normalized spacial score (nSPS) is 17.1. The number of halogens is 2. The molecule has 18 rings (SSSR count). The molecule has 6 aliphatic rings. The van der Waals surface area contributed by atoms with Crippen LogP contribution in [0.15, 0.2) is 140 Å². The second-order valence-corrected chi connectivity index (χ2v) is 29.5. The number of nitrogens with one attached hydrogen (secondary N) is 6. The number of anilines is 6. The third-order valence-corrected chi connectivity index (χ3v) is 20.9. The minimum atomic E-state index is -0.340. The molecule has 0 radical (unpaired) electrons. The third-order valence-electron chi connectivity index (χ3n) is 20.9. The number of nitrogens with zero attached hydrogens (tertiary/aromatic N) is 12. The van der Waals surface area contributed by atoms with Gasteiger partial charge >= 0.3 is 0 Å². The van der Waals surface area contributed by atoms with Gasteiger partial charge in [0.2, 0.25) is 5.78 Å². The number of benzene rings is 3. The molecule has 0 saturated carbocycles. The lowest BCUT2D eigenvalue weighted by Crippen LogP contribution is -2.16. The second kappa shape index (κ2) is 30.7. The average molecular weight is 1470 g/mol. The maximum atomic E-state index is 13.7. The van der Waals surface area contributed by atoms with Crippen LogP contribution in [-0.2, 0) is 53.4 Å². The fourth-order valence-electron chi connectivity index (χ4n) is 15.6. The molecule has 0 bridgehead atoms. The first-order chi connectivity index (χ1) is 52.9. The Bertz CT molecular complexity index is 5280. The van der Waals surface area contributed by atoms with Crippen LogP contribution < -0.4 is 31.9 Å². The number of amides is 3. The van der Waals surface area contributed by atoms with Gasteiger partial charge < -0.3 is 55.9 Å². The van der Waals surface area contributed by atoms with Gasteiger partial charge in [-0.05, 0) is 162 Å². The highest BCUT2D eigenvalue weighted by molar-refractivity contribution is 6.08. The quantitative estimate of drug-likeness (QED) is 0.0439. The Labute approximate surface area is 629 Å². The fourth-order valence-corrected chi connectivity index (χ4v) is 15.6. The minimum Gasteiger partial charge on any atom is -0.381 e. The minimum absolute atomic E-state index is 0.0785. The van der Waals surface area contributed by atoms with E-state index >= 15 is 0 Å². The average Bonchev–Trinajstić information content (AvgIpc) is 1.64. The topological polar surface area (TPSA) is 261 Å². The van der Waals surface area contributed by atoms with Crippen molar-refractivity contribution < 1.29 is 37.4 Å². The Balaban J connectivity index is 0.000000124. The predicted molar refractivity (Wildman–Crippen MR) is 413 cm³/mol. The van der Waals surface area contributed by atoms with Crippen molar-refractivity contribution in [3.8, 4) is 33.8 Å². The molecule has 9 aromatic heterocycles. The zero-order valence-corrected chi connectivity index (χ0v) is 62.0. The number of ether oxygens (including phenoxy) is 3. The van der Waals surface area contributed by atoms with Gasteiger partial charge in [0.25, 0.3) is 17.7 Å².